The van der Waals surface area contributed by atoms with Crippen LogP contribution in [0.5, 0.6) is 23.8 Å². The van der Waals surface area contributed by atoms with Crippen molar-refractivity contribution in [2.45, 2.75) is 7.43 Å². The Balaban J connectivity index is 0.000000278. The topological polar surface area (TPSA) is 128 Å². The third-order valence-corrected chi connectivity index (χ3v) is 4.69. The number of ether oxygens (including phenoxy) is 4. The lowest BCUT2D eigenvalue weighted by Crippen LogP contribution is -2.43. The van der Waals surface area contributed by atoms with Gasteiger partial charge in [0.05, 0.1) is 28.4 Å². The van der Waals surface area contributed by atoms with E-state index in [-0.39, 0.29) is 13.4 Å². The molecule has 3 N–H and O–H groups in total. The predicted molar refractivity (Wildman–Crippen MR) is 133 cm³/mol. The first kappa shape index (κ1) is 29.4. The number of rotatable bonds is 5. The quantitative estimate of drug-likeness (QED) is 0.504. The van der Waals surface area contributed by atoms with E-state index in [1.54, 1.807) is 14.2 Å². The summed E-state index contributed by atoms with van der Waals surface area (Å²) in [6, 6.07) is 3.87. The van der Waals surface area contributed by atoms with Crippen molar-refractivity contribution in [2.75, 3.05) is 85.7 Å². The maximum absolute atomic E-state index is 5.60. The molecule has 13 heteroatoms. The molecule has 2 saturated heterocycles. The van der Waals surface area contributed by atoms with Gasteiger partial charge in [-0.15, -0.1) is 0 Å². The Morgan fingerprint density at radius 2 is 1.15 bits per heavy atom. The molecule has 0 amide bonds. The van der Waals surface area contributed by atoms with Gasteiger partial charge in [0.25, 0.3) is 0 Å². The second-order valence-electron chi connectivity index (χ2n) is 6.71. The van der Waals surface area contributed by atoms with Crippen LogP contribution in [0.15, 0.2) is 12.1 Å². The van der Waals surface area contributed by atoms with Crippen molar-refractivity contribution in [2.24, 2.45) is 0 Å². The zero-order valence-electron chi connectivity index (χ0n) is 19.6. The molecule has 0 bridgehead atoms. The second kappa shape index (κ2) is 16.9. The van der Waals surface area contributed by atoms with Crippen molar-refractivity contribution in [3.63, 3.8) is 0 Å². The van der Waals surface area contributed by atoms with Gasteiger partial charge in [-0.3, -0.25) is 0 Å². The van der Waals surface area contributed by atoms with Crippen LogP contribution in [0.25, 0.3) is 0 Å². The monoisotopic (exact) mass is 500 g/mol. The summed E-state index contributed by atoms with van der Waals surface area (Å²) in [4.78, 5) is 18.1. The van der Waals surface area contributed by atoms with Gasteiger partial charge in [0.15, 0.2) is 0 Å². The van der Waals surface area contributed by atoms with Gasteiger partial charge in [0.2, 0.25) is 11.8 Å². The Hall–Kier alpha value is -2.67. The fourth-order valence-corrected chi connectivity index (χ4v) is 2.99. The summed E-state index contributed by atoms with van der Waals surface area (Å²) in [5, 5.41) is 10.0. The van der Waals surface area contributed by atoms with Gasteiger partial charge >= 0.3 is 12.0 Å². The molecule has 4 heterocycles. The van der Waals surface area contributed by atoms with Crippen LogP contribution in [0, 0.1) is 0 Å². The van der Waals surface area contributed by atoms with Gasteiger partial charge in [-0.2, -0.15) is 19.9 Å². The van der Waals surface area contributed by atoms with Crippen molar-refractivity contribution in [3.05, 3.63) is 17.3 Å². The summed E-state index contributed by atoms with van der Waals surface area (Å²) in [5.41, 5.74) is 0. The maximum Gasteiger partial charge on any atom is 0.321 e. The summed E-state index contributed by atoms with van der Waals surface area (Å²) < 4.78 is 19.7. The van der Waals surface area contributed by atoms with Crippen molar-refractivity contribution in [1.82, 2.24) is 35.9 Å². The molecule has 2 aliphatic heterocycles. The molecular formula is C21H37ClN8O4. The molecule has 34 heavy (non-hydrogen) atoms. The first-order valence-electron chi connectivity index (χ1n) is 10.6. The van der Waals surface area contributed by atoms with E-state index in [0.29, 0.717) is 22.9 Å². The van der Waals surface area contributed by atoms with Gasteiger partial charge < -0.3 is 39.8 Å². The average molecular weight is 501 g/mol. The highest BCUT2D eigenvalue weighted by Crippen LogP contribution is 2.20. The van der Waals surface area contributed by atoms with E-state index < -0.39 is 0 Å². The Labute approximate surface area is 206 Å². The number of hydrogen-bond donors (Lipinski definition) is 3. The molecule has 0 saturated carbocycles. The summed E-state index contributed by atoms with van der Waals surface area (Å²) in [7, 11) is 6.10. The van der Waals surface area contributed by atoms with Crippen molar-refractivity contribution >= 4 is 17.4 Å². The average Bonchev–Trinajstić information content (AvgIpc) is 2.90. The van der Waals surface area contributed by atoms with Crippen LogP contribution in [0.2, 0.25) is 5.15 Å². The molecule has 2 aromatic heterocycles. The number of anilines is 1. The number of hydrogen-bond acceptors (Lipinski definition) is 12. The number of halogens is 1. The molecular weight excluding hydrogens is 464 g/mol. The normalized spacial score (nSPS) is 14.8. The minimum Gasteiger partial charge on any atom is -0.481 e. The Kier molecular flexibility index (Phi) is 14.6. The maximum atomic E-state index is 5.60. The van der Waals surface area contributed by atoms with Crippen LogP contribution in [0.4, 0.5) is 5.82 Å². The molecule has 2 aliphatic rings. The lowest BCUT2D eigenvalue weighted by atomic mass is 10.3. The zero-order valence-corrected chi connectivity index (χ0v) is 20.3. The van der Waals surface area contributed by atoms with Crippen molar-refractivity contribution in [1.29, 1.82) is 0 Å². The number of aromatic nitrogens is 4. The molecule has 0 radical (unpaired) electrons. The van der Waals surface area contributed by atoms with Gasteiger partial charge in [-0.1, -0.05) is 19.0 Å². The fourth-order valence-electron chi connectivity index (χ4n) is 2.82. The molecule has 0 atom stereocenters. The first-order valence-corrected chi connectivity index (χ1v) is 10.9. The third kappa shape index (κ3) is 10.5. The highest BCUT2D eigenvalue weighted by atomic mass is 35.5. The van der Waals surface area contributed by atoms with E-state index in [2.05, 4.69) is 40.8 Å². The van der Waals surface area contributed by atoms with Crippen LogP contribution in [-0.2, 0) is 0 Å². The fraction of sp³-hybridized carbons (Fsp3) is 0.619. The lowest BCUT2D eigenvalue weighted by molar-refractivity contribution is 0.351. The van der Waals surface area contributed by atoms with Gasteiger partial charge in [-0.05, 0) is 0 Å². The van der Waals surface area contributed by atoms with E-state index in [1.807, 2.05) is 6.07 Å². The van der Waals surface area contributed by atoms with E-state index in [0.717, 1.165) is 58.2 Å². The minimum absolute atomic E-state index is 0. The van der Waals surface area contributed by atoms with Crippen LogP contribution in [0.3, 0.4) is 0 Å². The van der Waals surface area contributed by atoms with Gasteiger partial charge in [0.1, 0.15) is 11.0 Å². The van der Waals surface area contributed by atoms with Crippen molar-refractivity contribution < 1.29 is 18.9 Å². The molecule has 192 valence electrons. The molecule has 4 rings (SSSR count). The highest BCUT2D eigenvalue weighted by Gasteiger charge is 2.14. The van der Waals surface area contributed by atoms with Crippen LogP contribution in [-0.4, -0.2) is 101 Å². The SMILES string of the molecule is C.C1CNCCN1.COc1cc(Cl)nc(OC)n1.COc1cc(N2CCNCC2)nc(OC)n1. The highest BCUT2D eigenvalue weighted by molar-refractivity contribution is 6.29. The second-order valence-corrected chi connectivity index (χ2v) is 7.10. The van der Waals surface area contributed by atoms with Crippen LogP contribution < -0.4 is 39.8 Å². The molecule has 0 aliphatic carbocycles. The summed E-state index contributed by atoms with van der Waals surface area (Å²) >= 11 is 5.60. The number of piperazine rings is 2. The Morgan fingerprint density at radius 3 is 1.62 bits per heavy atom. The largest absolute Gasteiger partial charge is 0.481 e. The Bertz CT molecular complexity index is 767. The van der Waals surface area contributed by atoms with Gasteiger partial charge in [0, 0.05) is 64.5 Å². The molecule has 2 aromatic rings. The standard InChI is InChI=1S/C10H16N4O2.C6H7ClN2O2.C4H10N2.CH4/c1-15-9-7-8(12-10(13-9)16-2)14-5-3-11-4-6-14;1-10-5-3-4(7)8-6(9-5)11-2;1-2-6-4-3-5-1;/h7,11H,3-6H2,1-2H3;3H,1-2H3;5-6H,1-4H2;1H4. The lowest BCUT2D eigenvalue weighted by Gasteiger charge is -2.28. The summed E-state index contributed by atoms with van der Waals surface area (Å²) in [6.07, 6.45) is 0. The zero-order chi connectivity index (χ0) is 23.9. The first-order chi connectivity index (χ1) is 16.1. The third-order valence-electron chi connectivity index (χ3n) is 4.50. The minimum atomic E-state index is 0. The molecule has 0 spiro atoms. The van der Waals surface area contributed by atoms with E-state index >= 15 is 0 Å². The number of methoxy groups -OCH3 is 4. The molecule has 0 unspecified atom stereocenters. The predicted octanol–water partition coefficient (Wildman–Crippen LogP) is 0.866. The molecule has 2 fully saturated rings. The number of nitrogens with zero attached hydrogens (tertiary/aromatic N) is 5. The van der Waals surface area contributed by atoms with Gasteiger partial charge in [-0.25, -0.2) is 0 Å². The van der Waals surface area contributed by atoms with Crippen molar-refractivity contribution in [3.8, 4) is 23.8 Å². The van der Waals surface area contributed by atoms with E-state index in [1.165, 1.54) is 20.3 Å². The van der Waals surface area contributed by atoms with Crippen LogP contribution >= 0.6 is 11.6 Å². The molecule has 12 nitrogen and oxygen atoms in total. The Morgan fingerprint density at radius 1 is 0.676 bits per heavy atom. The van der Waals surface area contributed by atoms with Crippen LogP contribution in [0.1, 0.15) is 7.43 Å². The van der Waals surface area contributed by atoms with E-state index in [4.69, 9.17) is 30.5 Å². The number of nitrogens with one attached hydrogen (secondary N) is 3. The van der Waals surface area contributed by atoms with E-state index in [9.17, 15) is 0 Å². The molecule has 0 aromatic carbocycles. The summed E-state index contributed by atoms with van der Waals surface area (Å²) in [6.45, 7) is 8.36. The summed E-state index contributed by atoms with van der Waals surface area (Å²) in [5.74, 6) is 1.77. The smallest absolute Gasteiger partial charge is 0.321 e.